The van der Waals surface area contributed by atoms with Crippen LogP contribution in [0.15, 0.2) is 121 Å². The van der Waals surface area contributed by atoms with Gasteiger partial charge in [-0.2, -0.15) is 0 Å². The van der Waals surface area contributed by atoms with Gasteiger partial charge in [0.15, 0.2) is 0 Å². The van der Waals surface area contributed by atoms with Gasteiger partial charge in [0, 0.05) is 42.0 Å². The summed E-state index contributed by atoms with van der Waals surface area (Å²) in [5, 5.41) is 9.12. The molecule has 0 saturated carbocycles. The van der Waals surface area contributed by atoms with E-state index < -0.39 is 61.1 Å². The SMILES string of the molecule is CC(C)C[C@H](NC(=O)OCc1ccccc1)C(=O)NC(Cc1ccccc1)P(=O)(O)CC(CCCc1ccccc1)C(=O)NC(Cc1c[nH]c2ccccc12)C(N)=O. The fourth-order valence-corrected chi connectivity index (χ4v) is 9.04. The third-order valence-electron chi connectivity index (χ3n) is 10.1. The van der Waals surface area contributed by atoms with Crippen molar-refractivity contribution in [1.82, 2.24) is 20.9 Å². The number of nitrogens with two attached hydrogens (primary N) is 1. The molecular weight excluding hydrogens is 753 g/mol. The molecule has 0 radical (unpaired) electrons. The van der Waals surface area contributed by atoms with Gasteiger partial charge in [-0.15, -0.1) is 0 Å². The Balaban J connectivity index is 1.37. The number of aromatic amines is 1. The minimum absolute atomic E-state index is 0.00270. The molecule has 0 bridgehead atoms. The van der Waals surface area contributed by atoms with Crippen LogP contribution in [0.1, 0.15) is 55.4 Å². The Morgan fingerprint density at radius 3 is 1.98 bits per heavy atom. The van der Waals surface area contributed by atoms with Gasteiger partial charge >= 0.3 is 6.09 Å². The zero-order valence-electron chi connectivity index (χ0n) is 33.0. The Labute approximate surface area is 339 Å². The van der Waals surface area contributed by atoms with Gasteiger partial charge in [0.2, 0.25) is 25.1 Å². The summed E-state index contributed by atoms with van der Waals surface area (Å²) >= 11 is 0. The van der Waals surface area contributed by atoms with Gasteiger partial charge in [-0.1, -0.05) is 123 Å². The Morgan fingerprint density at radius 2 is 1.34 bits per heavy atom. The molecule has 0 aliphatic heterocycles. The predicted octanol–water partition coefficient (Wildman–Crippen LogP) is 6.62. The van der Waals surface area contributed by atoms with Gasteiger partial charge < -0.3 is 36.3 Å². The number of carbonyl (C=O) groups is 4. The van der Waals surface area contributed by atoms with E-state index in [0.717, 1.165) is 27.6 Å². The molecule has 4 amide bonds. The summed E-state index contributed by atoms with van der Waals surface area (Å²) in [6.45, 7) is 3.79. The predicted molar refractivity (Wildman–Crippen MR) is 226 cm³/mol. The number of primary amides is 1. The lowest BCUT2D eigenvalue weighted by Crippen LogP contribution is -2.51. The number of rotatable bonds is 21. The maximum atomic E-state index is 14.7. The monoisotopic (exact) mass is 807 g/mol. The number of hydrogen-bond donors (Lipinski definition) is 6. The minimum Gasteiger partial charge on any atom is -0.445 e. The van der Waals surface area contributed by atoms with E-state index in [2.05, 4.69) is 20.9 Å². The molecule has 306 valence electrons. The van der Waals surface area contributed by atoms with E-state index in [9.17, 15) is 28.6 Å². The van der Waals surface area contributed by atoms with Crippen molar-refractivity contribution in [3.63, 3.8) is 0 Å². The summed E-state index contributed by atoms with van der Waals surface area (Å²) in [6, 6.07) is 33.2. The average molecular weight is 808 g/mol. The van der Waals surface area contributed by atoms with Crippen molar-refractivity contribution in [1.29, 1.82) is 0 Å². The van der Waals surface area contributed by atoms with Crippen molar-refractivity contribution in [2.75, 3.05) is 6.16 Å². The Kier molecular flexibility index (Phi) is 15.8. The number of aryl methyl sites for hydroxylation is 1. The average Bonchev–Trinajstić information content (AvgIpc) is 3.62. The van der Waals surface area contributed by atoms with Crippen LogP contribution in [-0.4, -0.2) is 57.7 Å². The lowest BCUT2D eigenvalue weighted by molar-refractivity contribution is -0.129. The van der Waals surface area contributed by atoms with E-state index in [1.807, 2.05) is 105 Å². The minimum atomic E-state index is -4.42. The molecule has 0 saturated heterocycles. The molecule has 0 spiro atoms. The normalized spacial score (nSPS) is 14.4. The summed E-state index contributed by atoms with van der Waals surface area (Å²) in [5.74, 6) is -4.35. The maximum absolute atomic E-state index is 14.7. The van der Waals surface area contributed by atoms with Gasteiger partial charge in [-0.05, 0) is 59.9 Å². The van der Waals surface area contributed by atoms with E-state index in [0.29, 0.717) is 18.4 Å². The second-order valence-corrected chi connectivity index (χ2v) is 17.6. The lowest BCUT2D eigenvalue weighted by atomic mass is 9.98. The number of ether oxygens (including phenoxy) is 1. The summed E-state index contributed by atoms with van der Waals surface area (Å²) < 4.78 is 20.1. The number of carbonyl (C=O) groups excluding carboxylic acids is 4. The third kappa shape index (κ3) is 13.2. The molecule has 58 heavy (non-hydrogen) atoms. The van der Waals surface area contributed by atoms with Crippen LogP contribution in [0.4, 0.5) is 4.79 Å². The van der Waals surface area contributed by atoms with Crippen LogP contribution in [-0.2, 0) is 49.6 Å². The van der Waals surface area contributed by atoms with E-state index in [1.54, 1.807) is 30.5 Å². The highest BCUT2D eigenvalue weighted by molar-refractivity contribution is 7.58. The number of H-pyrrole nitrogens is 1. The van der Waals surface area contributed by atoms with Crippen molar-refractivity contribution in [3.05, 3.63) is 144 Å². The molecule has 0 aliphatic rings. The largest absolute Gasteiger partial charge is 0.445 e. The molecule has 5 atom stereocenters. The fourth-order valence-electron chi connectivity index (χ4n) is 6.98. The summed E-state index contributed by atoms with van der Waals surface area (Å²) in [6.07, 6.45) is 2.16. The zero-order chi connectivity index (χ0) is 41.5. The molecule has 12 nitrogen and oxygen atoms in total. The van der Waals surface area contributed by atoms with Crippen molar-refractivity contribution in [2.45, 2.75) is 76.8 Å². The van der Waals surface area contributed by atoms with Gasteiger partial charge in [0.1, 0.15) is 24.5 Å². The number of aromatic nitrogens is 1. The summed E-state index contributed by atoms with van der Waals surface area (Å²) in [5.41, 5.74) is 9.99. The van der Waals surface area contributed by atoms with Crippen molar-refractivity contribution in [3.8, 4) is 0 Å². The Hall–Kier alpha value is -5.71. The first-order valence-electron chi connectivity index (χ1n) is 19.7. The Bertz CT molecular complexity index is 2150. The molecule has 7 N–H and O–H groups in total. The topological polar surface area (TPSA) is 193 Å². The van der Waals surface area contributed by atoms with Crippen LogP contribution in [0, 0.1) is 11.8 Å². The highest BCUT2D eigenvalue weighted by Crippen LogP contribution is 2.49. The number of alkyl carbamates (subject to hydrolysis) is 1. The molecule has 1 aromatic heterocycles. The van der Waals surface area contributed by atoms with Crippen molar-refractivity contribution in [2.24, 2.45) is 17.6 Å². The van der Waals surface area contributed by atoms with Crippen molar-refractivity contribution < 1.29 is 33.4 Å². The first kappa shape index (κ1) is 43.4. The van der Waals surface area contributed by atoms with Crippen LogP contribution in [0.5, 0.6) is 0 Å². The number of hydrogen-bond acceptors (Lipinski definition) is 6. The first-order chi connectivity index (χ1) is 27.9. The van der Waals surface area contributed by atoms with Gasteiger partial charge in [-0.25, -0.2) is 4.79 Å². The number of para-hydroxylation sites is 1. The second-order valence-electron chi connectivity index (χ2n) is 15.1. The van der Waals surface area contributed by atoms with Crippen LogP contribution >= 0.6 is 7.37 Å². The number of benzene rings is 4. The molecule has 5 rings (SSSR count). The van der Waals surface area contributed by atoms with Crippen LogP contribution in [0.25, 0.3) is 10.9 Å². The van der Waals surface area contributed by atoms with Crippen molar-refractivity contribution >= 4 is 42.1 Å². The standard InChI is InChI=1S/C45H54N5O7P/c1-31(2)25-40(49-45(54)57-29-34-19-10-5-11-20-34)44(53)50-41(26-33-17-8-4-9-18-33)58(55,56)30-35(22-14-21-32-15-6-3-7-16-32)43(52)48-39(42(46)51)27-36-28-47-38-24-13-12-23-37(36)38/h3-13,15-20,23-24,28,31,35,39-41,47H,14,21-22,25-27,29-30H2,1-2H3,(H2,46,51)(H,48,52)(H,49,54)(H,50,53)(H,55,56)/t35?,39?,40-,41?/m0/s1. The van der Waals surface area contributed by atoms with E-state index in [1.165, 1.54) is 0 Å². The molecule has 4 unspecified atom stereocenters. The second kappa shape index (κ2) is 21.2. The molecule has 0 aliphatic carbocycles. The van der Waals surface area contributed by atoms with Gasteiger partial charge in [0.05, 0.1) is 0 Å². The molecule has 1 heterocycles. The molecule has 0 fully saturated rings. The summed E-state index contributed by atoms with van der Waals surface area (Å²) in [4.78, 5) is 69.0. The number of nitrogens with one attached hydrogen (secondary N) is 4. The highest BCUT2D eigenvalue weighted by Gasteiger charge is 2.39. The lowest BCUT2D eigenvalue weighted by Gasteiger charge is -2.30. The molecule has 5 aromatic rings. The van der Waals surface area contributed by atoms with E-state index >= 15 is 0 Å². The van der Waals surface area contributed by atoms with Gasteiger partial charge in [0.25, 0.3) is 0 Å². The smallest absolute Gasteiger partial charge is 0.408 e. The van der Waals surface area contributed by atoms with E-state index in [-0.39, 0.29) is 38.2 Å². The van der Waals surface area contributed by atoms with Gasteiger partial charge in [-0.3, -0.25) is 18.9 Å². The van der Waals surface area contributed by atoms with Crippen LogP contribution in [0.3, 0.4) is 0 Å². The zero-order valence-corrected chi connectivity index (χ0v) is 33.9. The van der Waals surface area contributed by atoms with E-state index in [4.69, 9.17) is 10.5 Å². The third-order valence-corrected chi connectivity index (χ3v) is 12.3. The Morgan fingerprint density at radius 1 is 0.741 bits per heavy atom. The molecular formula is C45H54N5O7P. The number of amides is 4. The number of fused-ring (bicyclic) bond motifs is 1. The van der Waals surface area contributed by atoms with Crippen LogP contribution < -0.4 is 21.7 Å². The quantitative estimate of drug-likeness (QED) is 0.0449. The maximum Gasteiger partial charge on any atom is 0.408 e. The molecule has 13 heteroatoms. The first-order valence-corrected chi connectivity index (χ1v) is 21.6. The molecule has 4 aromatic carbocycles. The van der Waals surface area contributed by atoms with Crippen LogP contribution in [0.2, 0.25) is 0 Å². The highest BCUT2D eigenvalue weighted by atomic mass is 31.2. The summed E-state index contributed by atoms with van der Waals surface area (Å²) in [7, 11) is -4.42. The fraction of sp³-hybridized carbons (Fsp3) is 0.333.